The van der Waals surface area contributed by atoms with Gasteiger partial charge in [0.2, 0.25) is 0 Å². The van der Waals surface area contributed by atoms with Gasteiger partial charge in [0.1, 0.15) is 5.69 Å². The molecule has 0 aliphatic rings. The lowest BCUT2D eigenvalue weighted by atomic mass is 10.1. The summed E-state index contributed by atoms with van der Waals surface area (Å²) >= 11 is 0. The number of aryl methyl sites for hydroxylation is 1. The lowest BCUT2D eigenvalue weighted by Crippen LogP contribution is -2.54. The summed E-state index contributed by atoms with van der Waals surface area (Å²) in [5, 5.41) is 0. The van der Waals surface area contributed by atoms with Crippen LogP contribution in [0.25, 0.3) is 0 Å². The summed E-state index contributed by atoms with van der Waals surface area (Å²) in [7, 11) is 0. The van der Waals surface area contributed by atoms with Crippen LogP contribution in [0.1, 0.15) is 33.3 Å². The highest BCUT2D eigenvalue weighted by Crippen LogP contribution is 2.26. The molecule has 0 spiro atoms. The SMILES string of the molecule is CC[N+](CC)(c1ccc(C)cc1)C(C)C. The van der Waals surface area contributed by atoms with Crippen molar-refractivity contribution < 1.29 is 0 Å². The number of hydrogen-bond donors (Lipinski definition) is 0. The van der Waals surface area contributed by atoms with Crippen LogP contribution < -0.4 is 4.48 Å². The van der Waals surface area contributed by atoms with Crippen molar-refractivity contribution in [1.29, 1.82) is 0 Å². The van der Waals surface area contributed by atoms with Crippen molar-refractivity contribution in [3.8, 4) is 0 Å². The van der Waals surface area contributed by atoms with E-state index in [9.17, 15) is 0 Å². The molecule has 1 aromatic carbocycles. The van der Waals surface area contributed by atoms with Crippen LogP contribution in [0.5, 0.6) is 0 Å². The third kappa shape index (κ3) is 2.23. The molecule has 84 valence electrons. The van der Waals surface area contributed by atoms with E-state index in [-0.39, 0.29) is 0 Å². The maximum Gasteiger partial charge on any atom is 0.133 e. The van der Waals surface area contributed by atoms with Crippen molar-refractivity contribution in [1.82, 2.24) is 4.48 Å². The van der Waals surface area contributed by atoms with Crippen LogP contribution in [0.3, 0.4) is 0 Å². The van der Waals surface area contributed by atoms with Gasteiger partial charge in [0.05, 0.1) is 19.1 Å². The van der Waals surface area contributed by atoms with Gasteiger partial charge in [-0.15, -0.1) is 0 Å². The van der Waals surface area contributed by atoms with Crippen molar-refractivity contribution in [3.05, 3.63) is 29.8 Å². The van der Waals surface area contributed by atoms with E-state index in [0.29, 0.717) is 6.04 Å². The molecule has 0 fully saturated rings. The van der Waals surface area contributed by atoms with Gasteiger partial charge in [0, 0.05) is 0 Å². The summed E-state index contributed by atoms with van der Waals surface area (Å²) in [6, 6.07) is 9.64. The molecule has 0 aromatic heterocycles. The number of benzene rings is 1. The first-order valence-electron chi connectivity index (χ1n) is 6.00. The molecule has 0 saturated carbocycles. The molecule has 0 radical (unpaired) electrons. The fourth-order valence-corrected chi connectivity index (χ4v) is 2.46. The van der Waals surface area contributed by atoms with Crippen LogP contribution >= 0.6 is 0 Å². The molecule has 0 N–H and O–H groups in total. The van der Waals surface area contributed by atoms with Gasteiger partial charge in [-0.25, -0.2) is 0 Å². The van der Waals surface area contributed by atoms with Crippen LogP contribution in [-0.4, -0.2) is 19.1 Å². The second kappa shape index (κ2) is 4.80. The molecular formula is C14H24N+. The van der Waals surface area contributed by atoms with Crippen LogP contribution in [0, 0.1) is 6.92 Å². The highest BCUT2D eigenvalue weighted by atomic mass is 15.4. The van der Waals surface area contributed by atoms with E-state index in [1.165, 1.54) is 11.3 Å². The lowest BCUT2D eigenvalue weighted by Gasteiger charge is -2.40. The van der Waals surface area contributed by atoms with Crippen molar-refractivity contribution in [2.75, 3.05) is 13.1 Å². The summed E-state index contributed by atoms with van der Waals surface area (Å²) in [4.78, 5) is 0. The maximum atomic E-state index is 2.31. The van der Waals surface area contributed by atoms with Crippen LogP contribution in [0.2, 0.25) is 0 Å². The zero-order valence-electron chi connectivity index (χ0n) is 10.7. The molecule has 1 heteroatoms. The number of hydrogen-bond acceptors (Lipinski definition) is 0. The lowest BCUT2D eigenvalue weighted by molar-refractivity contribution is 0.245. The first-order chi connectivity index (χ1) is 7.06. The third-order valence-electron chi connectivity index (χ3n) is 3.67. The fourth-order valence-electron chi connectivity index (χ4n) is 2.46. The smallest absolute Gasteiger partial charge is 0.133 e. The summed E-state index contributed by atoms with van der Waals surface area (Å²) < 4.78 is 1.08. The molecule has 15 heavy (non-hydrogen) atoms. The Morgan fingerprint density at radius 2 is 1.47 bits per heavy atom. The van der Waals surface area contributed by atoms with E-state index in [1.54, 1.807) is 0 Å². The van der Waals surface area contributed by atoms with E-state index >= 15 is 0 Å². The topological polar surface area (TPSA) is 0 Å². The van der Waals surface area contributed by atoms with E-state index < -0.39 is 0 Å². The number of nitrogens with zero attached hydrogens (tertiary/aromatic N) is 1. The predicted octanol–water partition coefficient (Wildman–Crippen LogP) is 3.75. The quantitative estimate of drug-likeness (QED) is 0.658. The summed E-state index contributed by atoms with van der Waals surface area (Å²) in [6.07, 6.45) is 0. The number of rotatable bonds is 4. The molecule has 0 saturated heterocycles. The van der Waals surface area contributed by atoms with E-state index in [4.69, 9.17) is 0 Å². The van der Waals surface area contributed by atoms with Gasteiger partial charge in [0.15, 0.2) is 0 Å². The Hall–Kier alpha value is -0.820. The molecule has 1 rings (SSSR count). The molecule has 0 aliphatic carbocycles. The molecular weight excluding hydrogens is 182 g/mol. The highest BCUT2D eigenvalue weighted by Gasteiger charge is 2.29. The standard InChI is InChI=1S/C14H24N/c1-6-15(7-2,12(3)4)14-10-8-13(5)9-11-14/h8-12H,6-7H2,1-5H3/q+1. The first kappa shape index (κ1) is 12.3. The van der Waals surface area contributed by atoms with E-state index in [1.807, 2.05) is 0 Å². The van der Waals surface area contributed by atoms with E-state index in [2.05, 4.69) is 58.9 Å². The van der Waals surface area contributed by atoms with Crippen molar-refractivity contribution in [2.24, 2.45) is 0 Å². The van der Waals surface area contributed by atoms with Crippen LogP contribution in [0.15, 0.2) is 24.3 Å². The van der Waals surface area contributed by atoms with Gasteiger partial charge in [-0.1, -0.05) is 17.7 Å². The van der Waals surface area contributed by atoms with Crippen LogP contribution in [-0.2, 0) is 0 Å². The normalized spacial score (nSPS) is 12.1. The molecule has 0 aliphatic heterocycles. The molecule has 1 aromatic rings. The van der Waals surface area contributed by atoms with Crippen LogP contribution in [0.4, 0.5) is 5.69 Å². The Morgan fingerprint density at radius 1 is 1.00 bits per heavy atom. The van der Waals surface area contributed by atoms with Gasteiger partial charge in [0.25, 0.3) is 0 Å². The number of quaternary nitrogens is 1. The maximum absolute atomic E-state index is 2.31. The van der Waals surface area contributed by atoms with Crippen molar-refractivity contribution >= 4 is 5.69 Å². The molecule has 0 atom stereocenters. The molecule has 0 amide bonds. The largest absolute Gasteiger partial charge is 0.290 e. The molecule has 1 nitrogen and oxygen atoms in total. The highest BCUT2D eigenvalue weighted by molar-refractivity contribution is 5.44. The second-order valence-electron chi connectivity index (χ2n) is 4.60. The minimum Gasteiger partial charge on any atom is -0.290 e. The summed E-state index contributed by atoms with van der Waals surface area (Å²) in [6.45, 7) is 13.7. The molecule has 0 bridgehead atoms. The Balaban J connectivity index is 3.14. The van der Waals surface area contributed by atoms with Gasteiger partial charge < -0.3 is 0 Å². The minimum atomic E-state index is 0.641. The average Bonchev–Trinajstić information content (AvgIpc) is 2.22. The third-order valence-corrected chi connectivity index (χ3v) is 3.67. The zero-order valence-corrected chi connectivity index (χ0v) is 10.7. The zero-order chi connectivity index (χ0) is 11.5. The monoisotopic (exact) mass is 206 g/mol. The fraction of sp³-hybridized carbons (Fsp3) is 0.571. The van der Waals surface area contributed by atoms with E-state index in [0.717, 1.165) is 17.6 Å². The van der Waals surface area contributed by atoms with Gasteiger partial charge in [-0.05, 0) is 46.8 Å². The summed E-state index contributed by atoms with van der Waals surface area (Å²) in [5.41, 5.74) is 2.79. The summed E-state index contributed by atoms with van der Waals surface area (Å²) in [5.74, 6) is 0. The second-order valence-corrected chi connectivity index (χ2v) is 4.60. The van der Waals surface area contributed by atoms with Gasteiger partial charge in [-0.2, -0.15) is 0 Å². The van der Waals surface area contributed by atoms with Gasteiger partial charge >= 0.3 is 0 Å². The minimum absolute atomic E-state index is 0.641. The molecule has 0 unspecified atom stereocenters. The van der Waals surface area contributed by atoms with Gasteiger partial charge in [-0.3, -0.25) is 4.48 Å². The Labute approximate surface area is 94.3 Å². The Morgan fingerprint density at radius 3 is 1.80 bits per heavy atom. The first-order valence-corrected chi connectivity index (χ1v) is 6.00. The Bertz CT molecular complexity index is 294. The van der Waals surface area contributed by atoms with Crippen molar-refractivity contribution in [3.63, 3.8) is 0 Å². The predicted molar refractivity (Wildman–Crippen MR) is 69.2 cm³/mol. The molecule has 0 heterocycles. The van der Waals surface area contributed by atoms with Crippen molar-refractivity contribution in [2.45, 2.75) is 40.7 Å². The average molecular weight is 206 g/mol. The Kier molecular flexibility index (Phi) is 3.92.